The molecule has 0 saturated carbocycles. The van der Waals surface area contributed by atoms with Crippen LogP contribution in [0.15, 0.2) is 224 Å². The van der Waals surface area contributed by atoms with Crippen LogP contribution in [0.25, 0.3) is 99.5 Å². The molecule has 0 amide bonds. The Balaban J connectivity index is 0.000000219. The van der Waals surface area contributed by atoms with Crippen LogP contribution in [0.3, 0.4) is 0 Å². The Kier molecular flexibility index (Phi) is 30.5. The van der Waals surface area contributed by atoms with Crippen molar-refractivity contribution in [1.82, 2.24) is 19.9 Å². The van der Waals surface area contributed by atoms with E-state index in [1.165, 1.54) is 96.7 Å². The minimum Gasteiger partial charge on any atom is -0.512 e. The minimum absolute atomic E-state index is 0. The maximum atomic E-state index is 10.0. The van der Waals surface area contributed by atoms with Crippen LogP contribution in [-0.2, 0) is 91.6 Å². The third kappa shape index (κ3) is 22.0. The van der Waals surface area contributed by atoms with E-state index in [1.807, 2.05) is 48.8 Å². The fourth-order valence-corrected chi connectivity index (χ4v) is 11.3. The number of ketones is 1. The summed E-state index contributed by atoms with van der Waals surface area (Å²) in [4.78, 5) is 28.9. The van der Waals surface area contributed by atoms with Gasteiger partial charge in [0, 0.05) is 98.9 Å². The number of fused-ring (bicyclic) bond motifs is 4. The van der Waals surface area contributed by atoms with Gasteiger partial charge in [-0.05, 0) is 129 Å². The topological polar surface area (TPSA) is 88.9 Å². The zero-order valence-electron chi connectivity index (χ0n) is 56.1. The van der Waals surface area contributed by atoms with Crippen LogP contribution in [0.4, 0.5) is 0 Å². The fourth-order valence-electron chi connectivity index (χ4n) is 11.3. The van der Waals surface area contributed by atoms with Crippen molar-refractivity contribution in [2.45, 2.75) is 102 Å². The minimum atomic E-state index is -0.125. The van der Waals surface area contributed by atoms with Crippen molar-refractivity contribution in [1.29, 1.82) is 0 Å². The van der Waals surface area contributed by atoms with Crippen molar-refractivity contribution in [3.63, 3.8) is 0 Å². The van der Waals surface area contributed by atoms with Gasteiger partial charge >= 0.3 is 0 Å². The number of hydrogen-bond acceptors (Lipinski definition) is 6. The molecule has 0 spiro atoms. The van der Waals surface area contributed by atoms with Gasteiger partial charge in [0.15, 0.2) is 5.78 Å². The molecule has 13 rings (SSSR count). The largest absolute Gasteiger partial charge is 0.512 e. The van der Waals surface area contributed by atoms with Crippen LogP contribution in [0, 0.1) is 78.6 Å². The van der Waals surface area contributed by atoms with Crippen LogP contribution < -0.4 is 0 Å². The molecule has 0 atom stereocenters. The molecule has 1 N–H and O–H groups in total. The number of aliphatic hydroxyl groups is 1. The van der Waals surface area contributed by atoms with Gasteiger partial charge < -0.3 is 15.1 Å². The number of aryl methyl sites for hydroxylation is 7. The molecule has 0 aliphatic carbocycles. The standard InChI is InChI=1S/C22H16N.C21H22N.C20H20N.C17H14N.C5H8O2.4Ir/c1-16-21-13-6-5-10-20(21)15-23-22(16)19-12-7-11-18(14-19)17-8-3-2-4-9-17;1-14(2)9-17-5-6-18-7-8-20(22-21(18)13-17)19-11-15(3)10-16(4)12-19;1-13(2)17-6-5-16-7-8-21-20(19(16)12-17)18-10-14(3)9-15(4)11-18;1-12-9-13(2)11-15(10-12)17-8-7-14-5-3-4-6-16(14)18-17;1-4(6)3-5(2)7;;;;/h2-11,13-15H,1H3;5-8,10-11,13-14H,9H2,1-4H3;5-10,12-13H,1-4H3;3-10H,1-2H3;3,6H,1-2H3;;;;/q4*-1;;;;;. The molecule has 4 heterocycles. The van der Waals surface area contributed by atoms with Crippen LogP contribution in [-0.4, -0.2) is 30.8 Å². The molecule has 9 aromatic carbocycles. The van der Waals surface area contributed by atoms with Crippen molar-refractivity contribution in [2.24, 2.45) is 5.92 Å². The van der Waals surface area contributed by atoms with E-state index in [-0.39, 0.29) is 92.0 Å². The number of carbonyl (C=O) groups is 1. The number of rotatable bonds is 9. The van der Waals surface area contributed by atoms with Crippen LogP contribution in [0.5, 0.6) is 0 Å². The number of carbonyl (C=O) groups excluding carboxylic acids is 1. The molecule has 95 heavy (non-hydrogen) atoms. The van der Waals surface area contributed by atoms with Gasteiger partial charge in [0.1, 0.15) is 0 Å². The Morgan fingerprint density at radius 3 is 1.59 bits per heavy atom. The van der Waals surface area contributed by atoms with Gasteiger partial charge in [-0.15, -0.1) is 140 Å². The second-order valence-electron chi connectivity index (χ2n) is 24.3. The number of aliphatic hydroxyl groups excluding tert-OH is 1. The number of aromatic nitrogens is 4. The zero-order chi connectivity index (χ0) is 64.7. The number of nitrogens with zero attached hydrogens (tertiary/aromatic N) is 4. The molecule has 0 aliphatic heterocycles. The van der Waals surface area contributed by atoms with E-state index in [1.54, 1.807) is 0 Å². The Hall–Kier alpha value is -7.57. The first kappa shape index (κ1) is 78.1. The first-order valence-corrected chi connectivity index (χ1v) is 31.2. The summed E-state index contributed by atoms with van der Waals surface area (Å²) in [5, 5.41) is 15.6. The second-order valence-corrected chi connectivity index (χ2v) is 24.3. The maximum Gasteiger partial charge on any atom is 0.155 e. The third-order valence-corrected chi connectivity index (χ3v) is 15.3. The quantitative estimate of drug-likeness (QED) is 0.0880. The summed E-state index contributed by atoms with van der Waals surface area (Å²) in [6.07, 6.45) is 6.09. The van der Waals surface area contributed by atoms with Crippen molar-refractivity contribution in [3.8, 4) is 56.2 Å². The molecule has 0 saturated heterocycles. The molecular formula is C85H80Ir4N4O2-4. The number of hydrogen-bond donors (Lipinski definition) is 1. The third-order valence-electron chi connectivity index (χ3n) is 15.3. The summed E-state index contributed by atoms with van der Waals surface area (Å²) in [6, 6.07) is 83.4. The van der Waals surface area contributed by atoms with E-state index in [4.69, 9.17) is 15.1 Å². The maximum absolute atomic E-state index is 10.0. The Morgan fingerprint density at radius 2 is 1.01 bits per heavy atom. The average molecular weight is 1960 g/mol. The normalized spacial score (nSPS) is 10.6. The second kappa shape index (κ2) is 37.1. The van der Waals surface area contributed by atoms with Gasteiger partial charge in [-0.1, -0.05) is 202 Å². The van der Waals surface area contributed by atoms with E-state index in [0.29, 0.717) is 11.8 Å². The molecule has 0 bridgehead atoms. The first-order valence-electron chi connectivity index (χ1n) is 31.2. The van der Waals surface area contributed by atoms with Gasteiger partial charge in [-0.2, -0.15) is 0 Å². The molecule has 4 aromatic heterocycles. The Labute approximate surface area is 617 Å². The van der Waals surface area contributed by atoms with Crippen molar-refractivity contribution in [3.05, 3.63) is 299 Å². The Bertz CT molecular complexity index is 4670. The van der Waals surface area contributed by atoms with E-state index in [0.717, 1.165) is 79.2 Å². The van der Waals surface area contributed by atoms with Crippen molar-refractivity contribution in [2.75, 3.05) is 0 Å². The molecule has 0 aliphatic rings. The first-order chi connectivity index (χ1) is 43.7. The SMILES string of the molecule is CC(=O)C=C(C)O.Cc1[c-]c(-c2ccc3ccc(CC(C)C)cc3n2)cc(C)c1.Cc1[c-]c(-c2ccc3ccccc3n2)cc(C)c1.Cc1[c-]c(-c2nccc3ccc(C(C)C)cc23)cc(C)c1.Cc1c(-c2[c-]ccc(-c3ccccc3)c2)ncc2ccccc12.[Ir].[Ir].[Ir].[Ir]. The monoisotopic (exact) mass is 1960 g/mol. The molecule has 492 valence electrons. The molecule has 13 aromatic rings. The molecular weight excluding hydrogens is 1880 g/mol. The summed E-state index contributed by atoms with van der Waals surface area (Å²) in [7, 11) is 0. The molecule has 10 heteroatoms. The van der Waals surface area contributed by atoms with Gasteiger partial charge in [0.25, 0.3) is 0 Å². The van der Waals surface area contributed by atoms with Crippen LogP contribution >= 0.6 is 0 Å². The summed E-state index contributed by atoms with van der Waals surface area (Å²) in [5.74, 6) is 1.12. The Morgan fingerprint density at radius 1 is 0.474 bits per heavy atom. The van der Waals surface area contributed by atoms with Gasteiger partial charge in [-0.25, -0.2) is 0 Å². The van der Waals surface area contributed by atoms with E-state index >= 15 is 0 Å². The van der Waals surface area contributed by atoms with E-state index in [2.05, 4.69) is 274 Å². The van der Waals surface area contributed by atoms with Gasteiger partial charge in [0.05, 0.1) is 16.8 Å². The van der Waals surface area contributed by atoms with Crippen LogP contribution in [0.2, 0.25) is 0 Å². The van der Waals surface area contributed by atoms with Crippen molar-refractivity contribution < 1.29 is 90.3 Å². The molecule has 0 fully saturated rings. The number of para-hydroxylation sites is 1. The molecule has 0 unspecified atom stereocenters. The predicted molar refractivity (Wildman–Crippen MR) is 382 cm³/mol. The molecule has 6 nitrogen and oxygen atoms in total. The van der Waals surface area contributed by atoms with Crippen LogP contribution in [0.1, 0.15) is 97.5 Å². The predicted octanol–water partition coefficient (Wildman–Crippen LogP) is 22.0. The summed E-state index contributed by atoms with van der Waals surface area (Å²) >= 11 is 0. The van der Waals surface area contributed by atoms with Gasteiger partial charge in [-0.3, -0.25) is 14.8 Å². The van der Waals surface area contributed by atoms with Crippen molar-refractivity contribution >= 4 is 49.1 Å². The molecule has 4 radical (unpaired) electrons. The summed E-state index contributed by atoms with van der Waals surface area (Å²) in [5.41, 5.74) is 23.9. The van der Waals surface area contributed by atoms with E-state index in [9.17, 15) is 4.79 Å². The fraction of sp³-hybridized carbons (Fsp3) is 0.188. The smallest absolute Gasteiger partial charge is 0.155 e. The average Bonchev–Trinajstić information content (AvgIpc) is 0.823. The van der Waals surface area contributed by atoms with Gasteiger partial charge in [0.2, 0.25) is 0 Å². The number of pyridine rings is 4. The summed E-state index contributed by atoms with van der Waals surface area (Å²) < 4.78 is 0. The van der Waals surface area contributed by atoms with E-state index < -0.39 is 0 Å². The number of benzene rings is 9. The number of allylic oxidation sites excluding steroid dienone is 2. The summed E-state index contributed by atoms with van der Waals surface area (Å²) in [6.45, 7) is 26.5. The zero-order valence-corrected chi connectivity index (χ0v) is 65.7.